The molecule has 1 aliphatic heterocycles. The van der Waals surface area contributed by atoms with E-state index in [1.165, 1.54) is 0 Å². The largest absolute Gasteiger partial charge is 0.257 e. The summed E-state index contributed by atoms with van der Waals surface area (Å²) in [6.07, 6.45) is 4.64. The standard InChI is InChI=1S/C23H16Cl4N2/c24-16-8-6-15(21(26)12-16)7-10-18-14-23(20-11-9-17(25)13-22(20)27)29(28-18)19-4-2-1-3-5-19/h1-13,23H,14H2/b10-7+/t23-/m0/s1. The molecule has 0 aliphatic carbocycles. The third-order valence-electron chi connectivity index (χ3n) is 4.69. The van der Waals surface area contributed by atoms with Crippen molar-refractivity contribution in [1.29, 1.82) is 0 Å². The number of halogens is 4. The SMILES string of the molecule is Clc1ccc(/C=C/C2=NN(c3ccccc3)[C@H](c3ccc(Cl)cc3Cl)C2)c(Cl)c1. The summed E-state index contributed by atoms with van der Waals surface area (Å²) in [4.78, 5) is 0. The van der Waals surface area contributed by atoms with E-state index in [-0.39, 0.29) is 6.04 Å². The molecule has 0 saturated carbocycles. The fourth-order valence-electron chi connectivity index (χ4n) is 3.29. The molecule has 0 radical (unpaired) electrons. The molecule has 0 amide bonds. The van der Waals surface area contributed by atoms with Crippen molar-refractivity contribution in [2.45, 2.75) is 12.5 Å². The van der Waals surface area contributed by atoms with Gasteiger partial charge in [0, 0.05) is 26.5 Å². The lowest BCUT2D eigenvalue weighted by atomic mass is 10.0. The van der Waals surface area contributed by atoms with Crippen LogP contribution in [0.2, 0.25) is 20.1 Å². The van der Waals surface area contributed by atoms with Gasteiger partial charge in [0.05, 0.1) is 17.4 Å². The Hall–Kier alpha value is -1.97. The van der Waals surface area contributed by atoms with E-state index < -0.39 is 0 Å². The Balaban J connectivity index is 1.68. The van der Waals surface area contributed by atoms with Gasteiger partial charge in [0.15, 0.2) is 0 Å². The molecule has 3 aromatic rings. The van der Waals surface area contributed by atoms with E-state index in [2.05, 4.69) is 0 Å². The van der Waals surface area contributed by atoms with Gasteiger partial charge in [0.2, 0.25) is 0 Å². The van der Waals surface area contributed by atoms with Crippen molar-refractivity contribution in [1.82, 2.24) is 0 Å². The van der Waals surface area contributed by atoms with Gasteiger partial charge >= 0.3 is 0 Å². The lowest BCUT2D eigenvalue weighted by molar-refractivity contribution is 0.709. The predicted octanol–water partition coefficient (Wildman–Crippen LogP) is 8.32. The quantitative estimate of drug-likeness (QED) is 0.381. The zero-order valence-corrected chi connectivity index (χ0v) is 18.2. The Bertz CT molecular complexity index is 1090. The maximum Gasteiger partial charge on any atom is 0.0845 e. The topological polar surface area (TPSA) is 15.6 Å². The fourth-order valence-corrected chi connectivity index (χ4v) is 4.30. The second-order valence-corrected chi connectivity index (χ2v) is 8.34. The van der Waals surface area contributed by atoms with Crippen LogP contribution < -0.4 is 5.01 Å². The average molecular weight is 462 g/mol. The first-order chi connectivity index (χ1) is 14.0. The number of hydrazone groups is 1. The van der Waals surface area contributed by atoms with Crippen LogP contribution in [-0.4, -0.2) is 5.71 Å². The van der Waals surface area contributed by atoms with Crippen molar-refractivity contribution in [2.75, 3.05) is 5.01 Å². The van der Waals surface area contributed by atoms with Crippen molar-refractivity contribution in [2.24, 2.45) is 5.10 Å². The van der Waals surface area contributed by atoms with Crippen LogP contribution in [0.5, 0.6) is 0 Å². The highest BCUT2D eigenvalue weighted by atomic mass is 35.5. The Labute approximate surface area is 190 Å². The van der Waals surface area contributed by atoms with Crippen LogP contribution in [0.25, 0.3) is 6.08 Å². The van der Waals surface area contributed by atoms with Gasteiger partial charge in [-0.25, -0.2) is 0 Å². The minimum Gasteiger partial charge on any atom is -0.257 e. The molecule has 0 bridgehead atoms. The lowest BCUT2D eigenvalue weighted by Gasteiger charge is -2.24. The van der Waals surface area contributed by atoms with Crippen LogP contribution in [0.3, 0.4) is 0 Å². The number of anilines is 1. The normalized spacial score (nSPS) is 16.5. The number of allylic oxidation sites excluding steroid dienone is 1. The predicted molar refractivity (Wildman–Crippen MR) is 126 cm³/mol. The third kappa shape index (κ3) is 4.62. The van der Waals surface area contributed by atoms with Gasteiger partial charge < -0.3 is 0 Å². The first kappa shape index (κ1) is 20.3. The van der Waals surface area contributed by atoms with Crippen molar-refractivity contribution < 1.29 is 0 Å². The van der Waals surface area contributed by atoms with Crippen LogP contribution in [-0.2, 0) is 0 Å². The summed E-state index contributed by atoms with van der Waals surface area (Å²) in [6, 6.07) is 21.0. The molecule has 1 aliphatic rings. The molecule has 4 rings (SSSR count). The molecule has 29 heavy (non-hydrogen) atoms. The number of nitrogens with zero attached hydrogens (tertiary/aromatic N) is 2. The molecule has 2 nitrogen and oxygen atoms in total. The molecule has 6 heteroatoms. The Morgan fingerprint density at radius 2 is 1.48 bits per heavy atom. The fraction of sp³-hybridized carbons (Fsp3) is 0.0870. The number of hydrogen-bond acceptors (Lipinski definition) is 2. The second-order valence-electron chi connectivity index (χ2n) is 6.66. The van der Waals surface area contributed by atoms with Crippen molar-refractivity contribution in [3.8, 4) is 0 Å². The van der Waals surface area contributed by atoms with Crippen molar-refractivity contribution in [3.63, 3.8) is 0 Å². The van der Waals surface area contributed by atoms with Crippen molar-refractivity contribution >= 4 is 63.9 Å². The molecule has 0 spiro atoms. The van der Waals surface area contributed by atoms with Gasteiger partial charge in [0.25, 0.3) is 0 Å². The van der Waals surface area contributed by atoms with E-state index in [0.29, 0.717) is 26.5 Å². The van der Waals surface area contributed by atoms with E-state index in [1.807, 2.05) is 71.8 Å². The van der Waals surface area contributed by atoms with E-state index in [4.69, 9.17) is 51.5 Å². The Kier molecular flexibility index (Phi) is 6.17. The number of rotatable bonds is 4. The monoisotopic (exact) mass is 460 g/mol. The van der Waals surface area contributed by atoms with Gasteiger partial charge in [0.1, 0.15) is 0 Å². The minimum absolute atomic E-state index is 0.0255. The van der Waals surface area contributed by atoms with E-state index in [9.17, 15) is 0 Å². The smallest absolute Gasteiger partial charge is 0.0845 e. The van der Waals surface area contributed by atoms with Crippen LogP contribution in [0.15, 0.2) is 77.9 Å². The summed E-state index contributed by atoms with van der Waals surface area (Å²) in [5, 5.41) is 9.30. The van der Waals surface area contributed by atoms with Crippen LogP contribution in [0, 0.1) is 0 Å². The zero-order valence-electron chi connectivity index (χ0n) is 15.2. The highest BCUT2D eigenvalue weighted by molar-refractivity contribution is 6.36. The van der Waals surface area contributed by atoms with Crippen LogP contribution in [0.4, 0.5) is 5.69 Å². The van der Waals surface area contributed by atoms with Crippen LogP contribution in [0.1, 0.15) is 23.6 Å². The minimum atomic E-state index is -0.0255. The average Bonchev–Trinajstić information content (AvgIpc) is 3.12. The van der Waals surface area contributed by atoms with Crippen LogP contribution >= 0.6 is 46.4 Å². The number of para-hydroxylation sites is 1. The summed E-state index contributed by atoms with van der Waals surface area (Å²) in [5.41, 5.74) is 3.79. The molecule has 146 valence electrons. The third-order valence-corrected chi connectivity index (χ3v) is 5.82. The summed E-state index contributed by atoms with van der Waals surface area (Å²) in [6.45, 7) is 0. The molecule has 0 unspecified atom stereocenters. The van der Waals surface area contributed by atoms with Gasteiger partial charge in [-0.1, -0.05) is 82.8 Å². The van der Waals surface area contributed by atoms with Gasteiger partial charge in [-0.05, 0) is 53.6 Å². The summed E-state index contributed by atoms with van der Waals surface area (Å²) in [5.74, 6) is 0. The summed E-state index contributed by atoms with van der Waals surface area (Å²) >= 11 is 24.9. The molecular weight excluding hydrogens is 446 g/mol. The number of benzene rings is 3. The van der Waals surface area contributed by atoms with Gasteiger partial charge in [-0.3, -0.25) is 5.01 Å². The molecular formula is C23H16Cl4N2. The Morgan fingerprint density at radius 1 is 0.793 bits per heavy atom. The highest BCUT2D eigenvalue weighted by Gasteiger charge is 2.29. The maximum absolute atomic E-state index is 6.51. The molecule has 3 aromatic carbocycles. The van der Waals surface area contributed by atoms with E-state index in [0.717, 1.165) is 22.5 Å². The molecule has 0 fully saturated rings. The molecule has 1 heterocycles. The molecule has 0 aromatic heterocycles. The second kappa shape index (κ2) is 8.81. The van der Waals surface area contributed by atoms with E-state index >= 15 is 0 Å². The summed E-state index contributed by atoms with van der Waals surface area (Å²) in [7, 11) is 0. The molecule has 1 atom stereocenters. The van der Waals surface area contributed by atoms with E-state index in [1.54, 1.807) is 12.1 Å². The first-order valence-corrected chi connectivity index (χ1v) is 10.5. The molecule has 0 saturated heterocycles. The maximum atomic E-state index is 6.51. The van der Waals surface area contributed by atoms with Gasteiger partial charge in [-0.2, -0.15) is 5.10 Å². The highest BCUT2D eigenvalue weighted by Crippen LogP contribution is 2.39. The zero-order chi connectivity index (χ0) is 20.4. The van der Waals surface area contributed by atoms with Gasteiger partial charge in [-0.15, -0.1) is 0 Å². The lowest BCUT2D eigenvalue weighted by Crippen LogP contribution is -2.18. The number of hydrogen-bond donors (Lipinski definition) is 0. The van der Waals surface area contributed by atoms with Crippen molar-refractivity contribution in [3.05, 3.63) is 104 Å². The summed E-state index contributed by atoms with van der Waals surface area (Å²) < 4.78 is 0. The first-order valence-electron chi connectivity index (χ1n) is 9.01. The Morgan fingerprint density at radius 3 is 2.17 bits per heavy atom. The molecule has 0 N–H and O–H groups in total.